The van der Waals surface area contributed by atoms with E-state index in [0.29, 0.717) is 12.1 Å². The molecule has 1 atom stereocenters. The zero-order chi connectivity index (χ0) is 17.7. The van der Waals surface area contributed by atoms with Gasteiger partial charge >= 0.3 is 0 Å². The van der Waals surface area contributed by atoms with Gasteiger partial charge in [0.1, 0.15) is 11.6 Å². The van der Waals surface area contributed by atoms with E-state index in [0.717, 1.165) is 11.6 Å². The van der Waals surface area contributed by atoms with Gasteiger partial charge in [-0.25, -0.2) is 13.2 Å². The molecule has 0 aliphatic carbocycles. The van der Waals surface area contributed by atoms with Crippen molar-refractivity contribution in [2.45, 2.75) is 13.0 Å². The predicted molar refractivity (Wildman–Crippen MR) is 82.9 cm³/mol. The maximum absolute atomic E-state index is 13.2. The maximum atomic E-state index is 13.2. The van der Waals surface area contributed by atoms with E-state index < -0.39 is 23.4 Å². The Morgan fingerprint density at radius 3 is 2.29 bits per heavy atom. The van der Waals surface area contributed by atoms with Crippen molar-refractivity contribution >= 4 is 12.0 Å². The van der Waals surface area contributed by atoms with Crippen LogP contribution in [0.15, 0.2) is 48.0 Å². The molecule has 0 aliphatic rings. The third kappa shape index (κ3) is 4.02. The fourth-order valence-corrected chi connectivity index (χ4v) is 2.07. The minimum atomic E-state index is -1.60. The smallest absolute Gasteiger partial charge is 0.262 e. The first-order chi connectivity index (χ1) is 11.4. The molecule has 0 saturated heterocycles. The molecule has 0 fully saturated rings. The molecule has 2 rings (SSSR count). The number of rotatable bonds is 4. The van der Waals surface area contributed by atoms with Crippen LogP contribution in [-0.4, -0.2) is 5.91 Å². The molecule has 1 amide bonds. The van der Waals surface area contributed by atoms with E-state index >= 15 is 0 Å². The van der Waals surface area contributed by atoms with Crippen LogP contribution >= 0.6 is 0 Å². The second-order valence-electron chi connectivity index (χ2n) is 5.07. The molecule has 0 saturated carbocycles. The molecule has 2 aromatic rings. The molecular formula is C18H13F3N2O. The van der Waals surface area contributed by atoms with Crippen molar-refractivity contribution < 1.29 is 18.0 Å². The molecule has 2 aromatic carbocycles. The van der Waals surface area contributed by atoms with Crippen molar-refractivity contribution in [3.63, 3.8) is 0 Å². The Kier molecular flexibility index (Phi) is 5.38. The van der Waals surface area contributed by atoms with Gasteiger partial charge in [0.25, 0.3) is 5.91 Å². The number of amides is 1. The summed E-state index contributed by atoms with van der Waals surface area (Å²) in [4.78, 5) is 12.1. The number of benzene rings is 2. The third-order valence-electron chi connectivity index (χ3n) is 3.33. The van der Waals surface area contributed by atoms with Gasteiger partial charge in [-0.2, -0.15) is 5.26 Å². The van der Waals surface area contributed by atoms with Crippen molar-refractivity contribution in [1.82, 2.24) is 5.32 Å². The molecule has 122 valence electrons. The highest BCUT2D eigenvalue weighted by atomic mass is 19.2. The number of hydrogen-bond donors (Lipinski definition) is 1. The molecule has 6 heteroatoms. The van der Waals surface area contributed by atoms with E-state index in [9.17, 15) is 18.0 Å². The Labute approximate surface area is 137 Å². The highest BCUT2D eigenvalue weighted by Gasteiger charge is 2.15. The average Bonchev–Trinajstić information content (AvgIpc) is 2.58. The van der Waals surface area contributed by atoms with Crippen molar-refractivity contribution in [3.8, 4) is 6.07 Å². The van der Waals surface area contributed by atoms with Gasteiger partial charge in [0, 0.05) is 0 Å². The topological polar surface area (TPSA) is 52.9 Å². The SMILES string of the molecule is CC(NC(=O)/C(C#N)=C\c1cc(F)c(F)c(F)c1)c1ccccc1. The second kappa shape index (κ2) is 7.47. The van der Waals surface area contributed by atoms with Gasteiger partial charge in [-0.1, -0.05) is 30.3 Å². The van der Waals surface area contributed by atoms with Gasteiger partial charge in [-0.05, 0) is 36.3 Å². The number of nitrogens with one attached hydrogen (secondary N) is 1. The minimum absolute atomic E-state index is 0.120. The number of hydrogen-bond acceptors (Lipinski definition) is 2. The summed E-state index contributed by atoms with van der Waals surface area (Å²) in [5, 5.41) is 11.7. The van der Waals surface area contributed by atoms with Gasteiger partial charge in [-0.3, -0.25) is 4.79 Å². The summed E-state index contributed by atoms with van der Waals surface area (Å²) in [5.74, 6) is -5.08. The Morgan fingerprint density at radius 1 is 1.17 bits per heavy atom. The molecule has 0 spiro atoms. The summed E-state index contributed by atoms with van der Waals surface area (Å²) in [6, 6.07) is 11.8. The Hall–Kier alpha value is -3.07. The van der Waals surface area contributed by atoms with Crippen molar-refractivity contribution in [2.75, 3.05) is 0 Å². The molecule has 0 radical (unpaired) electrons. The van der Waals surface area contributed by atoms with Crippen molar-refractivity contribution in [1.29, 1.82) is 5.26 Å². The standard InChI is InChI=1S/C18H13F3N2O/c1-11(13-5-3-2-4-6-13)23-18(24)14(10-22)7-12-8-15(19)17(21)16(20)9-12/h2-9,11H,1H3,(H,23,24)/b14-7-. The van der Waals surface area contributed by atoms with E-state index in [1.54, 1.807) is 13.0 Å². The average molecular weight is 330 g/mol. The maximum Gasteiger partial charge on any atom is 0.262 e. The quantitative estimate of drug-likeness (QED) is 0.525. The van der Waals surface area contributed by atoms with Crippen molar-refractivity contribution in [3.05, 3.63) is 76.6 Å². The molecular weight excluding hydrogens is 317 g/mol. The van der Waals surface area contributed by atoms with Gasteiger partial charge in [-0.15, -0.1) is 0 Å². The lowest BCUT2D eigenvalue weighted by Gasteiger charge is -2.13. The van der Waals surface area contributed by atoms with Gasteiger partial charge in [0.05, 0.1) is 6.04 Å². The second-order valence-corrected chi connectivity index (χ2v) is 5.07. The highest BCUT2D eigenvalue weighted by Crippen LogP contribution is 2.17. The summed E-state index contributed by atoms with van der Waals surface area (Å²) in [7, 11) is 0. The van der Waals surface area contributed by atoms with Crippen LogP contribution in [-0.2, 0) is 4.79 Å². The summed E-state index contributed by atoms with van der Waals surface area (Å²) < 4.78 is 39.3. The molecule has 0 aliphatic heterocycles. The van der Waals surface area contributed by atoms with Crippen LogP contribution in [0.4, 0.5) is 13.2 Å². The summed E-state index contributed by atoms with van der Waals surface area (Å²) >= 11 is 0. The van der Waals surface area contributed by atoms with Crippen LogP contribution in [0.5, 0.6) is 0 Å². The monoisotopic (exact) mass is 330 g/mol. The molecule has 24 heavy (non-hydrogen) atoms. The van der Waals surface area contributed by atoms with Crippen molar-refractivity contribution in [2.24, 2.45) is 0 Å². The first kappa shape index (κ1) is 17.3. The van der Waals surface area contributed by atoms with E-state index in [-0.39, 0.29) is 17.2 Å². The first-order valence-electron chi connectivity index (χ1n) is 7.04. The van der Waals surface area contributed by atoms with E-state index in [4.69, 9.17) is 5.26 Å². The van der Waals surface area contributed by atoms with Crippen LogP contribution < -0.4 is 5.32 Å². The summed E-state index contributed by atoms with van der Waals surface area (Å²) in [5.41, 5.74) is 0.371. The van der Waals surface area contributed by atoms with E-state index in [2.05, 4.69) is 5.32 Å². The van der Waals surface area contributed by atoms with Crippen LogP contribution in [0.1, 0.15) is 24.1 Å². The molecule has 0 bridgehead atoms. The first-order valence-corrected chi connectivity index (χ1v) is 7.04. The third-order valence-corrected chi connectivity index (χ3v) is 3.33. The largest absolute Gasteiger partial charge is 0.345 e. The van der Waals surface area contributed by atoms with Crippen LogP contribution in [0, 0.1) is 28.8 Å². The molecule has 0 aromatic heterocycles. The fourth-order valence-electron chi connectivity index (χ4n) is 2.07. The summed E-state index contributed by atoms with van der Waals surface area (Å²) in [6.07, 6.45) is 0.999. The van der Waals surface area contributed by atoms with E-state index in [1.807, 2.05) is 30.3 Å². The van der Waals surface area contributed by atoms with Gasteiger partial charge in [0.15, 0.2) is 17.5 Å². The molecule has 1 N–H and O–H groups in total. The Morgan fingerprint density at radius 2 is 1.75 bits per heavy atom. The van der Waals surface area contributed by atoms with Gasteiger partial charge in [0.2, 0.25) is 0 Å². The molecule has 0 heterocycles. The lowest BCUT2D eigenvalue weighted by Crippen LogP contribution is -2.27. The van der Waals surface area contributed by atoms with Crippen LogP contribution in [0.25, 0.3) is 6.08 Å². The minimum Gasteiger partial charge on any atom is -0.345 e. The number of halogens is 3. The lowest BCUT2D eigenvalue weighted by molar-refractivity contribution is -0.117. The molecule has 1 unspecified atom stereocenters. The van der Waals surface area contributed by atoms with E-state index in [1.165, 1.54) is 0 Å². The molecule has 3 nitrogen and oxygen atoms in total. The number of nitriles is 1. The Bertz CT molecular complexity index is 803. The summed E-state index contributed by atoms with van der Waals surface area (Å²) in [6.45, 7) is 1.74. The highest BCUT2D eigenvalue weighted by molar-refractivity contribution is 6.01. The number of nitrogens with zero attached hydrogens (tertiary/aromatic N) is 1. The Balaban J connectivity index is 2.22. The number of carbonyl (C=O) groups excluding carboxylic acids is 1. The zero-order valence-electron chi connectivity index (χ0n) is 12.7. The normalized spacial score (nSPS) is 12.4. The fraction of sp³-hybridized carbons (Fsp3) is 0.111. The van der Waals surface area contributed by atoms with Crippen LogP contribution in [0.3, 0.4) is 0 Å². The zero-order valence-corrected chi connectivity index (χ0v) is 12.7. The van der Waals surface area contributed by atoms with Crippen LogP contribution in [0.2, 0.25) is 0 Å². The lowest BCUT2D eigenvalue weighted by atomic mass is 10.1. The number of carbonyl (C=O) groups is 1. The van der Waals surface area contributed by atoms with Gasteiger partial charge < -0.3 is 5.32 Å². The predicted octanol–water partition coefficient (Wildman–Crippen LogP) is 3.89.